The number of allylic oxidation sites excluding steroid dienone is 4. The van der Waals surface area contributed by atoms with Crippen molar-refractivity contribution >= 4 is 27.1 Å². The molecule has 3 atom stereocenters. The predicted molar refractivity (Wildman–Crippen MR) is 228 cm³/mol. The smallest absolute Gasteiger partial charge is 0.0205 e. The molecule has 1 fully saturated rings. The standard InChI is InChI=1S/C54H40/c1-3-13-36(14-4-1)31-42-32-40-23-24-41(34-51(40)46-18-8-7-17-45(42)46)53-49-21-11-9-19-47(49)52(48-20-10-12-22-50(48)53)38-25-27-43(28-26-38)54-30-29-39(33-44(54)35-54)37-15-5-2-6-16-37/h1-30,33-34,42,44H,31-32,35H2/t42-,44?,54?/m1/s1. The quantitative estimate of drug-likeness (QED) is 0.153. The Kier molecular flexibility index (Phi) is 7.20. The summed E-state index contributed by atoms with van der Waals surface area (Å²) in [4.78, 5) is 0. The Hall–Kier alpha value is -6.24. The third kappa shape index (κ3) is 5.05. The Morgan fingerprint density at radius 1 is 0.500 bits per heavy atom. The van der Waals surface area contributed by atoms with Gasteiger partial charge in [0.2, 0.25) is 0 Å². The highest BCUT2D eigenvalue weighted by atomic mass is 14.6. The second-order valence-electron chi connectivity index (χ2n) is 15.6. The van der Waals surface area contributed by atoms with E-state index in [9.17, 15) is 0 Å². The Labute approximate surface area is 317 Å². The Morgan fingerprint density at radius 2 is 1.09 bits per heavy atom. The van der Waals surface area contributed by atoms with E-state index in [-0.39, 0.29) is 5.41 Å². The molecule has 0 heteroatoms. The first-order valence-corrected chi connectivity index (χ1v) is 19.5. The van der Waals surface area contributed by atoms with Gasteiger partial charge in [-0.1, -0.05) is 188 Å². The molecule has 0 nitrogen and oxygen atoms in total. The highest BCUT2D eigenvalue weighted by Gasteiger charge is 2.53. The van der Waals surface area contributed by atoms with Gasteiger partial charge >= 0.3 is 0 Å². The fraction of sp³-hybridized carbons (Fsp3) is 0.111. The van der Waals surface area contributed by atoms with Gasteiger partial charge in [-0.25, -0.2) is 0 Å². The van der Waals surface area contributed by atoms with E-state index in [2.05, 4.69) is 194 Å². The number of benzene rings is 8. The van der Waals surface area contributed by atoms with Crippen LogP contribution in [0.15, 0.2) is 194 Å². The predicted octanol–water partition coefficient (Wildman–Crippen LogP) is 13.8. The molecule has 8 aromatic rings. The molecule has 0 N–H and O–H groups in total. The summed E-state index contributed by atoms with van der Waals surface area (Å²) in [7, 11) is 0. The maximum Gasteiger partial charge on any atom is 0.0205 e. The van der Waals surface area contributed by atoms with E-state index in [1.807, 2.05) is 0 Å². The van der Waals surface area contributed by atoms with E-state index in [0.717, 1.165) is 12.8 Å². The van der Waals surface area contributed by atoms with Crippen molar-refractivity contribution in [2.75, 3.05) is 0 Å². The highest BCUT2D eigenvalue weighted by molar-refractivity contribution is 6.21. The first kappa shape index (κ1) is 31.3. The molecule has 0 spiro atoms. The average Bonchev–Trinajstić information content (AvgIpc) is 3.99. The Balaban J connectivity index is 0.990. The van der Waals surface area contributed by atoms with Gasteiger partial charge in [0.1, 0.15) is 0 Å². The fourth-order valence-electron chi connectivity index (χ4n) is 9.88. The lowest BCUT2D eigenvalue weighted by Gasteiger charge is -2.29. The summed E-state index contributed by atoms with van der Waals surface area (Å²) in [5.74, 6) is 1.03. The molecule has 256 valence electrons. The van der Waals surface area contributed by atoms with Gasteiger partial charge < -0.3 is 0 Å². The molecule has 11 rings (SSSR count). The Morgan fingerprint density at radius 3 is 1.78 bits per heavy atom. The number of hydrogen-bond donors (Lipinski definition) is 0. The van der Waals surface area contributed by atoms with Crippen LogP contribution in [0.5, 0.6) is 0 Å². The molecule has 0 heterocycles. The molecule has 0 amide bonds. The van der Waals surface area contributed by atoms with Crippen molar-refractivity contribution in [3.8, 4) is 33.4 Å². The van der Waals surface area contributed by atoms with E-state index in [1.54, 1.807) is 0 Å². The summed E-state index contributed by atoms with van der Waals surface area (Å²) in [5, 5.41) is 5.21. The van der Waals surface area contributed by atoms with Crippen molar-refractivity contribution in [1.29, 1.82) is 0 Å². The summed E-state index contributed by atoms with van der Waals surface area (Å²) >= 11 is 0. The molecule has 54 heavy (non-hydrogen) atoms. The minimum atomic E-state index is 0.122. The highest BCUT2D eigenvalue weighted by Crippen LogP contribution is 2.59. The van der Waals surface area contributed by atoms with E-state index >= 15 is 0 Å². The zero-order valence-electron chi connectivity index (χ0n) is 30.3. The van der Waals surface area contributed by atoms with Crippen LogP contribution in [0.3, 0.4) is 0 Å². The second-order valence-corrected chi connectivity index (χ2v) is 15.6. The minimum Gasteiger partial charge on any atom is -0.0727 e. The lowest BCUT2D eigenvalue weighted by Crippen LogP contribution is -2.13. The fourth-order valence-corrected chi connectivity index (χ4v) is 9.88. The summed E-state index contributed by atoms with van der Waals surface area (Å²) in [5.41, 5.74) is 16.5. The summed E-state index contributed by atoms with van der Waals surface area (Å²) in [6, 6.07) is 65.8. The lowest BCUT2D eigenvalue weighted by molar-refractivity contribution is 0.673. The van der Waals surface area contributed by atoms with Crippen LogP contribution in [0, 0.1) is 5.92 Å². The second kappa shape index (κ2) is 12.4. The Bertz CT molecular complexity index is 2730. The third-order valence-corrected chi connectivity index (χ3v) is 12.6. The number of rotatable bonds is 6. The van der Waals surface area contributed by atoms with Gasteiger partial charge in [0, 0.05) is 5.41 Å². The minimum absolute atomic E-state index is 0.122. The molecule has 0 bridgehead atoms. The molecular formula is C54H40. The van der Waals surface area contributed by atoms with Gasteiger partial charge in [0.05, 0.1) is 0 Å². The molecular weight excluding hydrogens is 649 g/mol. The van der Waals surface area contributed by atoms with Gasteiger partial charge in [-0.2, -0.15) is 0 Å². The van der Waals surface area contributed by atoms with Gasteiger partial charge in [-0.3, -0.25) is 0 Å². The van der Waals surface area contributed by atoms with Gasteiger partial charge in [-0.05, 0) is 125 Å². The molecule has 3 aliphatic rings. The SMILES string of the molecule is C1=CC2(c3ccc(-c4c5ccccc5c(-c5ccc6c(c5)-c5ccccc5[C@H](Cc5ccccc5)C6)c5ccccc45)cc3)CC2C=C1c1ccccc1. The van der Waals surface area contributed by atoms with Gasteiger partial charge in [-0.15, -0.1) is 0 Å². The van der Waals surface area contributed by atoms with Gasteiger partial charge in [0.25, 0.3) is 0 Å². The molecule has 0 saturated heterocycles. The van der Waals surface area contributed by atoms with E-state index in [0.29, 0.717) is 11.8 Å². The topological polar surface area (TPSA) is 0 Å². The van der Waals surface area contributed by atoms with Crippen LogP contribution in [0.25, 0.3) is 60.5 Å². The van der Waals surface area contributed by atoms with E-state index in [4.69, 9.17) is 0 Å². The van der Waals surface area contributed by atoms with Crippen LogP contribution in [0.1, 0.15) is 40.2 Å². The molecule has 2 unspecified atom stereocenters. The van der Waals surface area contributed by atoms with Crippen molar-refractivity contribution < 1.29 is 0 Å². The molecule has 8 aromatic carbocycles. The number of fused-ring (bicyclic) bond motifs is 6. The zero-order chi connectivity index (χ0) is 35.6. The first-order valence-electron chi connectivity index (χ1n) is 19.5. The molecule has 0 radical (unpaired) electrons. The monoisotopic (exact) mass is 688 g/mol. The maximum absolute atomic E-state index is 2.49. The van der Waals surface area contributed by atoms with Crippen LogP contribution >= 0.6 is 0 Å². The normalized spacial score (nSPS) is 19.5. The zero-order valence-corrected chi connectivity index (χ0v) is 30.3. The van der Waals surface area contributed by atoms with Crippen molar-refractivity contribution in [2.45, 2.75) is 30.6 Å². The summed E-state index contributed by atoms with van der Waals surface area (Å²) in [6.45, 7) is 0. The van der Waals surface area contributed by atoms with Gasteiger partial charge in [0.15, 0.2) is 0 Å². The largest absolute Gasteiger partial charge is 0.0727 e. The van der Waals surface area contributed by atoms with Crippen LogP contribution < -0.4 is 0 Å². The van der Waals surface area contributed by atoms with Crippen molar-refractivity contribution in [3.63, 3.8) is 0 Å². The van der Waals surface area contributed by atoms with Crippen molar-refractivity contribution in [1.82, 2.24) is 0 Å². The van der Waals surface area contributed by atoms with E-state index < -0.39 is 0 Å². The third-order valence-electron chi connectivity index (χ3n) is 12.6. The summed E-state index contributed by atoms with van der Waals surface area (Å²) < 4.78 is 0. The lowest BCUT2D eigenvalue weighted by atomic mass is 9.75. The van der Waals surface area contributed by atoms with Crippen molar-refractivity contribution in [3.05, 3.63) is 222 Å². The van der Waals surface area contributed by atoms with Crippen LogP contribution in [0.2, 0.25) is 0 Å². The maximum atomic E-state index is 2.49. The molecule has 1 saturated carbocycles. The van der Waals surface area contributed by atoms with Crippen LogP contribution in [-0.2, 0) is 18.3 Å². The first-order chi connectivity index (χ1) is 26.7. The molecule has 0 aliphatic heterocycles. The molecule has 3 aliphatic carbocycles. The molecule has 0 aromatic heterocycles. The average molecular weight is 689 g/mol. The summed E-state index contributed by atoms with van der Waals surface area (Å²) in [6.07, 6.45) is 10.6. The number of hydrogen-bond acceptors (Lipinski definition) is 0. The van der Waals surface area contributed by atoms with Crippen molar-refractivity contribution in [2.24, 2.45) is 5.92 Å². The van der Waals surface area contributed by atoms with E-state index in [1.165, 1.54) is 94.7 Å². The van der Waals surface area contributed by atoms with Crippen LogP contribution in [-0.4, -0.2) is 0 Å². The van der Waals surface area contributed by atoms with Crippen LogP contribution in [0.4, 0.5) is 0 Å².